The summed E-state index contributed by atoms with van der Waals surface area (Å²) in [4.78, 5) is 51.0. The average Bonchev–Trinajstić information content (AvgIpc) is 3.02. The van der Waals surface area contributed by atoms with Gasteiger partial charge in [0.15, 0.2) is 0 Å². The molecule has 1 N–H and O–H groups in total. The number of para-hydroxylation sites is 1. The second-order valence-electron chi connectivity index (χ2n) is 7.06. The monoisotopic (exact) mass is 470 g/mol. The summed E-state index contributed by atoms with van der Waals surface area (Å²) in [6.07, 6.45) is 1.70. The first kappa shape index (κ1) is 24.0. The molecule has 33 heavy (non-hydrogen) atoms. The van der Waals surface area contributed by atoms with Crippen LogP contribution in [0.4, 0.5) is 11.4 Å². The summed E-state index contributed by atoms with van der Waals surface area (Å²) in [5, 5.41) is 2.51. The van der Waals surface area contributed by atoms with Gasteiger partial charge in [0.2, 0.25) is 0 Å². The summed E-state index contributed by atoms with van der Waals surface area (Å²) in [7, 11) is 0. The number of nitrogens with one attached hydrogen (secondary N) is 1. The Labute approximate surface area is 196 Å². The fraction of sp³-hybridized carbons (Fsp3) is 0.250. The summed E-state index contributed by atoms with van der Waals surface area (Å²) in [6, 6.07) is 12.3. The zero-order chi connectivity index (χ0) is 24.0. The largest absolute Gasteiger partial charge is 0.462 e. The van der Waals surface area contributed by atoms with E-state index in [0.29, 0.717) is 17.9 Å². The molecule has 0 bridgehead atoms. The summed E-state index contributed by atoms with van der Waals surface area (Å²) >= 11 is 6.18. The Kier molecular flexibility index (Phi) is 7.84. The van der Waals surface area contributed by atoms with Gasteiger partial charge in [-0.1, -0.05) is 37.1 Å². The standard InChI is InChI=1S/C24H23ClN2O6/c1-3-5-14-33-23(30)15-10-12-16(13-11-15)26-20-19(25)21(28)27(22(20)29)18-9-7-6-8-17(18)24(31)32-4-2/h6-13,26H,3-5,14H2,1-2H3. The van der Waals surface area contributed by atoms with Crippen LogP contribution in [0, 0.1) is 0 Å². The number of esters is 2. The van der Waals surface area contributed by atoms with Gasteiger partial charge in [-0.3, -0.25) is 9.59 Å². The topological polar surface area (TPSA) is 102 Å². The van der Waals surface area contributed by atoms with E-state index in [0.717, 1.165) is 17.7 Å². The van der Waals surface area contributed by atoms with E-state index in [1.54, 1.807) is 43.3 Å². The molecule has 9 heteroatoms. The van der Waals surface area contributed by atoms with Crippen molar-refractivity contribution >= 4 is 46.7 Å². The molecule has 0 atom stereocenters. The molecular formula is C24H23ClN2O6. The number of carbonyl (C=O) groups excluding carboxylic acids is 4. The number of imide groups is 1. The second-order valence-corrected chi connectivity index (χ2v) is 7.44. The second kappa shape index (κ2) is 10.8. The van der Waals surface area contributed by atoms with Gasteiger partial charge in [-0.15, -0.1) is 0 Å². The first-order valence-corrected chi connectivity index (χ1v) is 10.9. The maximum absolute atomic E-state index is 13.1. The van der Waals surface area contributed by atoms with Gasteiger partial charge < -0.3 is 14.8 Å². The number of unbranched alkanes of at least 4 members (excludes halogenated alkanes) is 1. The fourth-order valence-electron chi connectivity index (χ4n) is 3.11. The lowest BCUT2D eigenvalue weighted by Gasteiger charge is -2.18. The van der Waals surface area contributed by atoms with Crippen molar-refractivity contribution in [3.63, 3.8) is 0 Å². The maximum Gasteiger partial charge on any atom is 0.340 e. The first-order valence-electron chi connectivity index (χ1n) is 10.5. The van der Waals surface area contributed by atoms with Crippen LogP contribution in [0.1, 0.15) is 47.4 Å². The third-order valence-corrected chi connectivity index (χ3v) is 5.14. The van der Waals surface area contributed by atoms with Crippen molar-refractivity contribution in [3.8, 4) is 0 Å². The van der Waals surface area contributed by atoms with Gasteiger partial charge in [0.05, 0.1) is 30.0 Å². The molecule has 0 radical (unpaired) electrons. The fourth-order valence-corrected chi connectivity index (χ4v) is 3.32. The number of ether oxygens (including phenoxy) is 2. The highest BCUT2D eigenvalue weighted by Gasteiger charge is 2.40. The van der Waals surface area contributed by atoms with Crippen LogP contribution in [0.3, 0.4) is 0 Å². The molecule has 2 amide bonds. The van der Waals surface area contributed by atoms with E-state index in [9.17, 15) is 19.2 Å². The minimum Gasteiger partial charge on any atom is -0.462 e. The highest BCUT2D eigenvalue weighted by molar-refractivity contribution is 6.53. The van der Waals surface area contributed by atoms with Crippen molar-refractivity contribution in [2.45, 2.75) is 26.7 Å². The molecule has 1 heterocycles. The third-order valence-electron chi connectivity index (χ3n) is 4.79. The zero-order valence-corrected chi connectivity index (χ0v) is 19.0. The van der Waals surface area contributed by atoms with E-state index >= 15 is 0 Å². The van der Waals surface area contributed by atoms with Crippen molar-refractivity contribution in [1.29, 1.82) is 0 Å². The lowest BCUT2D eigenvalue weighted by molar-refractivity contribution is -0.120. The highest BCUT2D eigenvalue weighted by atomic mass is 35.5. The van der Waals surface area contributed by atoms with Crippen molar-refractivity contribution in [3.05, 3.63) is 70.4 Å². The van der Waals surface area contributed by atoms with Gasteiger partial charge in [0, 0.05) is 5.69 Å². The molecule has 172 valence electrons. The number of amides is 2. The van der Waals surface area contributed by atoms with Crippen LogP contribution < -0.4 is 10.2 Å². The van der Waals surface area contributed by atoms with Gasteiger partial charge in [0.25, 0.3) is 11.8 Å². The predicted molar refractivity (Wildman–Crippen MR) is 123 cm³/mol. The summed E-state index contributed by atoms with van der Waals surface area (Å²) in [5.74, 6) is -2.59. The maximum atomic E-state index is 13.1. The minimum atomic E-state index is -0.767. The smallest absolute Gasteiger partial charge is 0.340 e. The summed E-state index contributed by atoms with van der Waals surface area (Å²) < 4.78 is 10.2. The minimum absolute atomic E-state index is 0.0673. The van der Waals surface area contributed by atoms with Crippen LogP contribution in [-0.2, 0) is 19.1 Å². The molecule has 3 rings (SSSR count). The number of halogens is 1. The molecule has 2 aromatic rings. The number of benzene rings is 2. The molecule has 1 aliphatic heterocycles. The normalized spacial score (nSPS) is 13.4. The van der Waals surface area contributed by atoms with Crippen molar-refractivity contribution < 1.29 is 28.7 Å². The van der Waals surface area contributed by atoms with Gasteiger partial charge in [-0.25, -0.2) is 14.5 Å². The summed E-state index contributed by atoms with van der Waals surface area (Å²) in [5.41, 5.74) is 0.799. The molecule has 2 aromatic carbocycles. The van der Waals surface area contributed by atoms with E-state index in [2.05, 4.69) is 5.32 Å². The molecular weight excluding hydrogens is 448 g/mol. The lowest BCUT2D eigenvalue weighted by Crippen LogP contribution is -2.33. The quantitative estimate of drug-likeness (QED) is 0.332. The lowest BCUT2D eigenvalue weighted by atomic mass is 10.1. The number of nitrogens with zero attached hydrogens (tertiary/aromatic N) is 1. The third kappa shape index (κ3) is 5.23. The van der Waals surface area contributed by atoms with Crippen LogP contribution >= 0.6 is 11.6 Å². The number of hydrogen-bond donors (Lipinski definition) is 1. The highest BCUT2D eigenvalue weighted by Crippen LogP contribution is 2.32. The van der Waals surface area contributed by atoms with E-state index in [1.165, 1.54) is 12.1 Å². The molecule has 0 fully saturated rings. The Morgan fingerprint density at radius 1 is 0.939 bits per heavy atom. The number of carbonyl (C=O) groups is 4. The SMILES string of the molecule is CCCCOC(=O)c1ccc(NC2=C(Cl)C(=O)N(c3ccccc3C(=O)OCC)C2=O)cc1. The molecule has 0 unspecified atom stereocenters. The average molecular weight is 471 g/mol. The van der Waals surface area contributed by atoms with Gasteiger partial charge in [-0.05, 0) is 49.7 Å². The van der Waals surface area contributed by atoms with Crippen LogP contribution in [0.5, 0.6) is 0 Å². The number of anilines is 2. The van der Waals surface area contributed by atoms with Crippen LogP contribution in [0.15, 0.2) is 59.3 Å². The Hall–Kier alpha value is -3.65. The predicted octanol–water partition coefficient (Wildman–Crippen LogP) is 4.26. The van der Waals surface area contributed by atoms with Gasteiger partial charge in [0.1, 0.15) is 10.7 Å². The van der Waals surface area contributed by atoms with Gasteiger partial charge in [-0.2, -0.15) is 0 Å². The number of rotatable bonds is 9. The van der Waals surface area contributed by atoms with Crippen LogP contribution in [0.2, 0.25) is 0 Å². The Balaban J connectivity index is 1.79. The van der Waals surface area contributed by atoms with Gasteiger partial charge >= 0.3 is 11.9 Å². The Morgan fingerprint density at radius 3 is 2.30 bits per heavy atom. The Morgan fingerprint density at radius 2 is 1.64 bits per heavy atom. The Bertz CT molecular complexity index is 1110. The van der Waals surface area contributed by atoms with E-state index in [4.69, 9.17) is 21.1 Å². The molecule has 0 aromatic heterocycles. The molecule has 8 nitrogen and oxygen atoms in total. The summed E-state index contributed by atoms with van der Waals surface area (Å²) in [6.45, 7) is 4.14. The molecule has 0 spiro atoms. The number of hydrogen-bond acceptors (Lipinski definition) is 7. The van der Waals surface area contributed by atoms with Crippen LogP contribution in [0.25, 0.3) is 0 Å². The van der Waals surface area contributed by atoms with E-state index in [-0.39, 0.29) is 28.6 Å². The molecule has 0 saturated heterocycles. The van der Waals surface area contributed by atoms with E-state index < -0.39 is 23.8 Å². The first-order chi connectivity index (χ1) is 15.9. The molecule has 1 aliphatic rings. The van der Waals surface area contributed by atoms with E-state index in [1.807, 2.05) is 6.92 Å². The van der Waals surface area contributed by atoms with Crippen molar-refractivity contribution in [1.82, 2.24) is 0 Å². The molecule has 0 saturated carbocycles. The van der Waals surface area contributed by atoms with Crippen molar-refractivity contribution in [2.24, 2.45) is 0 Å². The zero-order valence-electron chi connectivity index (χ0n) is 18.2. The van der Waals surface area contributed by atoms with Crippen LogP contribution in [-0.4, -0.2) is 37.0 Å². The van der Waals surface area contributed by atoms with Crippen molar-refractivity contribution in [2.75, 3.05) is 23.4 Å². The molecule has 0 aliphatic carbocycles.